The van der Waals surface area contributed by atoms with Gasteiger partial charge < -0.3 is 20.5 Å². The topological polar surface area (TPSA) is 105 Å². The lowest BCUT2D eigenvalue weighted by atomic mass is 9.73. The molecule has 3 atom stereocenters. The fraction of sp³-hybridized carbons (Fsp3) is 0.464. The summed E-state index contributed by atoms with van der Waals surface area (Å²) in [4.78, 5) is 37.5. The third-order valence-electron chi connectivity index (χ3n) is 7.45. The van der Waals surface area contributed by atoms with Crippen LogP contribution in [0.1, 0.15) is 69.4 Å². The minimum absolute atomic E-state index is 0.0447. The van der Waals surface area contributed by atoms with Crippen molar-refractivity contribution in [3.8, 4) is 11.1 Å². The van der Waals surface area contributed by atoms with Crippen molar-refractivity contribution in [2.75, 3.05) is 6.61 Å². The number of rotatable bonds is 8. The summed E-state index contributed by atoms with van der Waals surface area (Å²) in [6.07, 6.45) is 3.40. The number of alkyl carbamates (subject to hydrolysis) is 1. The van der Waals surface area contributed by atoms with Crippen LogP contribution in [-0.2, 0) is 14.3 Å². The molecule has 186 valence electrons. The molecule has 2 aliphatic rings. The largest absolute Gasteiger partial charge is 0.480 e. The van der Waals surface area contributed by atoms with Crippen molar-refractivity contribution in [2.24, 2.45) is 5.92 Å². The second-order valence-electron chi connectivity index (χ2n) is 9.85. The zero-order valence-corrected chi connectivity index (χ0v) is 20.4. The van der Waals surface area contributed by atoms with E-state index in [1.54, 1.807) is 0 Å². The summed E-state index contributed by atoms with van der Waals surface area (Å²) in [5.41, 5.74) is 3.79. The summed E-state index contributed by atoms with van der Waals surface area (Å²) in [5, 5.41) is 15.1. The Kier molecular flexibility index (Phi) is 7.43. The fourth-order valence-corrected chi connectivity index (χ4v) is 5.59. The number of amides is 2. The fourth-order valence-electron chi connectivity index (χ4n) is 5.59. The predicted molar refractivity (Wildman–Crippen MR) is 133 cm³/mol. The van der Waals surface area contributed by atoms with Crippen molar-refractivity contribution in [3.05, 3.63) is 59.7 Å². The molecule has 35 heavy (non-hydrogen) atoms. The number of ether oxygens (including phenoxy) is 1. The van der Waals surface area contributed by atoms with Gasteiger partial charge in [-0.3, -0.25) is 4.79 Å². The van der Waals surface area contributed by atoms with Crippen LogP contribution in [0.2, 0.25) is 0 Å². The van der Waals surface area contributed by atoms with Crippen molar-refractivity contribution in [2.45, 2.75) is 69.9 Å². The number of carboxylic acid groups (broad SMARTS) is 1. The van der Waals surface area contributed by atoms with Crippen LogP contribution in [0.5, 0.6) is 0 Å². The molecule has 2 aliphatic carbocycles. The molecule has 7 heteroatoms. The van der Waals surface area contributed by atoms with Gasteiger partial charge in [-0.05, 0) is 48.4 Å². The second kappa shape index (κ2) is 10.5. The van der Waals surface area contributed by atoms with E-state index in [-0.39, 0.29) is 18.4 Å². The summed E-state index contributed by atoms with van der Waals surface area (Å²) >= 11 is 0. The van der Waals surface area contributed by atoms with Gasteiger partial charge in [-0.2, -0.15) is 0 Å². The smallest absolute Gasteiger partial charge is 0.407 e. The van der Waals surface area contributed by atoms with Gasteiger partial charge in [-0.25, -0.2) is 9.59 Å². The third-order valence-corrected chi connectivity index (χ3v) is 7.45. The zero-order valence-electron chi connectivity index (χ0n) is 20.4. The lowest BCUT2D eigenvalue weighted by molar-refractivity contribution is -0.143. The highest BCUT2D eigenvalue weighted by Gasteiger charge is 2.43. The summed E-state index contributed by atoms with van der Waals surface area (Å²) < 4.78 is 5.72. The molecule has 2 amide bonds. The highest BCUT2D eigenvalue weighted by Crippen LogP contribution is 2.44. The number of aliphatic carboxylic acids is 1. The van der Waals surface area contributed by atoms with Crippen molar-refractivity contribution in [1.29, 1.82) is 0 Å². The van der Waals surface area contributed by atoms with Crippen molar-refractivity contribution in [1.82, 2.24) is 10.6 Å². The van der Waals surface area contributed by atoms with E-state index in [4.69, 9.17) is 4.74 Å². The second-order valence-corrected chi connectivity index (χ2v) is 9.85. The summed E-state index contributed by atoms with van der Waals surface area (Å²) in [7, 11) is 0. The Morgan fingerprint density at radius 2 is 1.69 bits per heavy atom. The van der Waals surface area contributed by atoms with Crippen LogP contribution in [0.4, 0.5) is 4.79 Å². The molecule has 2 aromatic carbocycles. The van der Waals surface area contributed by atoms with Gasteiger partial charge in [-0.15, -0.1) is 0 Å². The van der Waals surface area contributed by atoms with Gasteiger partial charge in [0.05, 0.1) is 11.5 Å². The summed E-state index contributed by atoms with van der Waals surface area (Å²) in [5.74, 6) is -1.93. The molecule has 0 radical (unpaired) electrons. The Hall–Kier alpha value is -3.35. The highest BCUT2D eigenvalue weighted by molar-refractivity contribution is 5.86. The molecule has 0 bridgehead atoms. The van der Waals surface area contributed by atoms with E-state index in [0.29, 0.717) is 25.7 Å². The van der Waals surface area contributed by atoms with Crippen LogP contribution in [-0.4, -0.2) is 41.3 Å². The molecule has 0 aliphatic heterocycles. The molecular weight excluding hydrogens is 444 g/mol. The average Bonchev–Trinajstić information content (AvgIpc) is 3.16. The van der Waals surface area contributed by atoms with Crippen LogP contribution in [0, 0.1) is 5.92 Å². The summed E-state index contributed by atoms with van der Waals surface area (Å²) in [6, 6.07) is 15.4. The zero-order chi connectivity index (χ0) is 25.0. The van der Waals surface area contributed by atoms with Crippen molar-refractivity contribution >= 4 is 18.0 Å². The summed E-state index contributed by atoms with van der Waals surface area (Å²) in [6.45, 7) is 3.93. The Balaban J connectivity index is 1.43. The van der Waals surface area contributed by atoms with Gasteiger partial charge in [0.15, 0.2) is 0 Å². The SMILES string of the molecule is CCCC(NC(=O)C1CCCCC1(C)NC(=O)OCC1c2ccccc2-c2ccccc21)C(=O)O. The molecule has 4 rings (SSSR count). The number of carboxylic acids is 1. The van der Waals surface area contributed by atoms with Gasteiger partial charge in [0, 0.05) is 5.92 Å². The number of nitrogens with one attached hydrogen (secondary N) is 2. The van der Waals surface area contributed by atoms with Gasteiger partial charge in [0.2, 0.25) is 5.91 Å². The number of carbonyl (C=O) groups is 3. The lowest BCUT2D eigenvalue weighted by Crippen LogP contribution is -2.59. The number of hydrogen-bond acceptors (Lipinski definition) is 4. The first-order chi connectivity index (χ1) is 16.8. The van der Waals surface area contributed by atoms with E-state index in [1.165, 1.54) is 0 Å². The van der Waals surface area contributed by atoms with Crippen LogP contribution in [0.15, 0.2) is 48.5 Å². The Morgan fingerprint density at radius 3 is 2.29 bits per heavy atom. The van der Waals surface area contributed by atoms with E-state index in [1.807, 2.05) is 38.1 Å². The third kappa shape index (κ3) is 5.19. The first-order valence-electron chi connectivity index (χ1n) is 12.5. The number of benzene rings is 2. The molecule has 1 fully saturated rings. The molecule has 0 heterocycles. The highest BCUT2D eigenvalue weighted by atomic mass is 16.5. The van der Waals surface area contributed by atoms with Crippen molar-refractivity contribution < 1.29 is 24.2 Å². The maximum Gasteiger partial charge on any atom is 0.407 e. The molecule has 7 nitrogen and oxygen atoms in total. The maximum atomic E-state index is 13.1. The van der Waals surface area contributed by atoms with Crippen LogP contribution in [0.25, 0.3) is 11.1 Å². The Labute approximate surface area is 206 Å². The predicted octanol–water partition coefficient (Wildman–Crippen LogP) is 4.84. The molecule has 1 saturated carbocycles. The Bertz CT molecular complexity index is 1050. The minimum atomic E-state index is -1.04. The lowest BCUT2D eigenvalue weighted by Gasteiger charge is -2.41. The molecule has 3 N–H and O–H groups in total. The van der Waals surface area contributed by atoms with E-state index >= 15 is 0 Å². The quantitative estimate of drug-likeness (QED) is 0.503. The molecule has 0 saturated heterocycles. The first-order valence-corrected chi connectivity index (χ1v) is 12.5. The number of fused-ring (bicyclic) bond motifs is 3. The van der Waals surface area contributed by atoms with Crippen LogP contribution in [0.3, 0.4) is 0 Å². The monoisotopic (exact) mass is 478 g/mol. The number of carbonyl (C=O) groups excluding carboxylic acids is 2. The van der Waals surface area contributed by atoms with E-state index in [9.17, 15) is 19.5 Å². The van der Waals surface area contributed by atoms with E-state index in [2.05, 4.69) is 34.9 Å². The molecule has 2 aromatic rings. The Morgan fingerprint density at radius 1 is 1.06 bits per heavy atom. The minimum Gasteiger partial charge on any atom is -0.480 e. The normalized spacial score (nSPS) is 21.9. The van der Waals surface area contributed by atoms with Crippen LogP contribution < -0.4 is 10.6 Å². The van der Waals surface area contributed by atoms with Gasteiger partial charge in [-0.1, -0.05) is 74.7 Å². The van der Waals surface area contributed by atoms with Gasteiger partial charge in [0.1, 0.15) is 12.6 Å². The van der Waals surface area contributed by atoms with Crippen LogP contribution >= 0.6 is 0 Å². The average molecular weight is 479 g/mol. The molecule has 0 aromatic heterocycles. The van der Waals surface area contributed by atoms with Crippen molar-refractivity contribution in [3.63, 3.8) is 0 Å². The molecule has 3 unspecified atom stereocenters. The first kappa shape index (κ1) is 24.8. The van der Waals surface area contributed by atoms with Gasteiger partial charge >= 0.3 is 12.1 Å². The molecular formula is C28H34N2O5. The van der Waals surface area contributed by atoms with Gasteiger partial charge in [0.25, 0.3) is 0 Å². The van der Waals surface area contributed by atoms with E-state index in [0.717, 1.165) is 35.1 Å². The molecule has 0 spiro atoms. The van der Waals surface area contributed by atoms with E-state index < -0.39 is 29.6 Å². The maximum absolute atomic E-state index is 13.1. The standard InChI is InChI=1S/C28H34N2O5/c1-3-10-24(26(32)33)29-25(31)23-15-8-9-16-28(23,2)30-27(34)35-17-22-20-13-6-4-11-18(20)19-12-5-7-14-21(19)22/h4-7,11-14,22-24H,3,8-10,15-17H2,1-2H3,(H,29,31)(H,30,34)(H,32,33). The number of hydrogen-bond donors (Lipinski definition) is 3.